The van der Waals surface area contributed by atoms with Crippen LogP contribution < -0.4 is 10.4 Å². The number of aliphatic hydroxyl groups excluding tert-OH is 2. The Morgan fingerprint density at radius 2 is 1.56 bits per heavy atom. The van der Waals surface area contributed by atoms with Gasteiger partial charge in [-0.05, 0) is 40.6 Å². The summed E-state index contributed by atoms with van der Waals surface area (Å²) in [6, 6.07) is 20.6. The Labute approximate surface area is 282 Å². The molecular weight excluding hydrogens is 723 g/mol. The number of methoxy groups -OCH3 is 1. The maximum absolute atomic E-state index is 13.3. The van der Waals surface area contributed by atoms with E-state index < -0.39 is 66.9 Å². The quantitative estimate of drug-likeness (QED) is 0.108. The fourth-order valence-electron chi connectivity index (χ4n) is 5.19. The van der Waals surface area contributed by atoms with Crippen molar-refractivity contribution in [2.45, 2.75) is 31.1 Å². The second-order valence-corrected chi connectivity index (χ2v) is 15.6. The zero-order chi connectivity index (χ0) is 35.8. The Kier molecular flexibility index (Phi) is 10.3. The van der Waals surface area contributed by atoms with Crippen molar-refractivity contribution in [3.8, 4) is 17.0 Å². The van der Waals surface area contributed by atoms with Crippen molar-refractivity contribution in [1.29, 1.82) is 0 Å². The van der Waals surface area contributed by atoms with Gasteiger partial charge in [0.15, 0.2) is 6.23 Å². The van der Waals surface area contributed by atoms with E-state index in [0.717, 1.165) is 15.3 Å². The Hall–Kier alpha value is -3.57. The molecule has 18 nitrogen and oxygen atoms in total. The molecule has 1 fully saturated rings. The van der Waals surface area contributed by atoms with Gasteiger partial charge in [0.1, 0.15) is 29.7 Å². The van der Waals surface area contributed by atoms with Crippen LogP contribution in [0, 0.1) is 0 Å². The van der Waals surface area contributed by atoms with E-state index in [-0.39, 0.29) is 5.65 Å². The molecule has 0 saturated carbocycles. The SMILES string of the molecule is COc1cccc(-c2cn3c(=O)n([C@@H]4O[C@H](COP(=O)(O)OP(=O)(O)OP(=O)(O)OCc5ccc6ccccc6c5)[C@H](O)C4O)ccc3n2)c1. The molecule has 7 atom stereocenters. The van der Waals surface area contributed by atoms with Gasteiger partial charge in [-0.25, -0.2) is 23.5 Å². The van der Waals surface area contributed by atoms with Gasteiger partial charge in [0.05, 0.1) is 26.0 Å². The van der Waals surface area contributed by atoms with Crippen LogP contribution in [0.2, 0.25) is 0 Å². The molecule has 0 radical (unpaired) electrons. The number of aliphatic hydroxyl groups is 2. The highest BCUT2D eigenvalue weighted by Crippen LogP contribution is 2.68. The zero-order valence-corrected chi connectivity index (χ0v) is 28.5. The first-order chi connectivity index (χ1) is 23.6. The van der Waals surface area contributed by atoms with Crippen LogP contribution in [0.15, 0.2) is 90.0 Å². The molecule has 21 heteroatoms. The summed E-state index contributed by atoms with van der Waals surface area (Å²) in [5.41, 5.74) is 1.06. The van der Waals surface area contributed by atoms with Crippen LogP contribution in [-0.4, -0.2) is 70.9 Å². The van der Waals surface area contributed by atoms with E-state index in [0.29, 0.717) is 22.6 Å². The van der Waals surface area contributed by atoms with Gasteiger partial charge in [-0.2, -0.15) is 8.62 Å². The molecule has 1 aliphatic rings. The molecule has 0 amide bonds. The van der Waals surface area contributed by atoms with Gasteiger partial charge in [-0.3, -0.25) is 18.0 Å². The van der Waals surface area contributed by atoms with E-state index in [1.165, 1.54) is 30.0 Å². The summed E-state index contributed by atoms with van der Waals surface area (Å²) in [4.78, 5) is 47.7. The highest BCUT2D eigenvalue weighted by atomic mass is 31.3. The lowest BCUT2D eigenvalue weighted by molar-refractivity contribution is -0.0543. The number of phosphoric ester groups is 2. The molecule has 1 saturated heterocycles. The fourth-order valence-corrected chi connectivity index (χ4v) is 8.69. The standard InChI is InChI=1S/C29H30N3O15P3/c1-42-22-8-4-7-21(14-22)23-15-32-25(30-23)11-12-31(29(32)35)28-27(34)26(33)24(45-28)17-44-49(38,39)47-50(40,41)46-48(36,37)43-16-18-9-10-19-5-2-3-6-20(19)13-18/h2-15,24,26-28,33-34H,16-17H2,1H3,(H,36,37)(H,38,39)(H,40,41)/t24-,26+,27?,28-/m1/s1. The number of benzene rings is 3. The number of rotatable bonds is 13. The number of hydrogen-bond donors (Lipinski definition) is 5. The third kappa shape index (κ3) is 8.15. The molecule has 0 bridgehead atoms. The van der Waals surface area contributed by atoms with Crippen LogP contribution in [0.25, 0.3) is 27.7 Å². The van der Waals surface area contributed by atoms with Gasteiger partial charge in [0.2, 0.25) is 0 Å². The van der Waals surface area contributed by atoms with Crippen molar-refractivity contribution in [2.75, 3.05) is 13.7 Å². The minimum atomic E-state index is -5.79. The molecule has 2 aromatic heterocycles. The maximum Gasteiger partial charge on any atom is 0.490 e. The van der Waals surface area contributed by atoms with E-state index in [4.69, 9.17) is 14.0 Å². The van der Waals surface area contributed by atoms with Crippen molar-refractivity contribution >= 4 is 39.9 Å². The van der Waals surface area contributed by atoms with Crippen LogP contribution in [-0.2, 0) is 42.7 Å². The molecule has 266 valence electrons. The predicted molar refractivity (Wildman–Crippen MR) is 174 cm³/mol. The van der Waals surface area contributed by atoms with E-state index in [2.05, 4.69) is 18.1 Å². The van der Waals surface area contributed by atoms with Crippen LogP contribution in [0.1, 0.15) is 11.8 Å². The third-order valence-corrected chi connectivity index (χ3v) is 11.8. The van der Waals surface area contributed by atoms with Crippen molar-refractivity contribution in [3.63, 3.8) is 0 Å². The molecule has 0 aliphatic carbocycles. The average Bonchev–Trinajstić information content (AvgIpc) is 3.63. The van der Waals surface area contributed by atoms with Gasteiger partial charge >= 0.3 is 29.2 Å². The molecule has 3 aromatic carbocycles. The molecule has 5 aromatic rings. The number of ether oxygens (including phenoxy) is 2. The lowest BCUT2D eigenvalue weighted by Crippen LogP contribution is -2.36. The average molecular weight is 753 g/mol. The topological polar surface area (TPSA) is 247 Å². The summed E-state index contributed by atoms with van der Waals surface area (Å²) in [5, 5.41) is 22.9. The smallest absolute Gasteiger partial charge is 0.490 e. The molecule has 1 aliphatic heterocycles. The van der Waals surface area contributed by atoms with Crippen molar-refractivity contribution in [1.82, 2.24) is 14.0 Å². The Bertz CT molecular complexity index is 2240. The number of nitrogens with zero attached hydrogens (tertiary/aromatic N) is 3. The molecule has 5 N–H and O–H groups in total. The lowest BCUT2D eigenvalue weighted by atomic mass is 10.1. The predicted octanol–water partition coefficient (Wildman–Crippen LogP) is 3.51. The Morgan fingerprint density at radius 1 is 0.840 bits per heavy atom. The molecule has 0 spiro atoms. The van der Waals surface area contributed by atoms with Crippen LogP contribution >= 0.6 is 23.5 Å². The van der Waals surface area contributed by atoms with Crippen molar-refractivity contribution in [3.05, 3.63) is 101 Å². The van der Waals surface area contributed by atoms with Crippen molar-refractivity contribution < 1.29 is 65.7 Å². The molecule has 4 unspecified atom stereocenters. The van der Waals surface area contributed by atoms with Crippen LogP contribution in [0.4, 0.5) is 0 Å². The molecule has 50 heavy (non-hydrogen) atoms. The number of phosphoric acid groups is 3. The van der Waals surface area contributed by atoms with Gasteiger partial charge in [0.25, 0.3) is 0 Å². The summed E-state index contributed by atoms with van der Waals surface area (Å²) in [6.45, 7) is -1.55. The third-order valence-electron chi connectivity index (χ3n) is 7.54. The Morgan fingerprint density at radius 3 is 2.30 bits per heavy atom. The van der Waals surface area contributed by atoms with Gasteiger partial charge in [-0.1, -0.05) is 48.5 Å². The number of imidazole rings is 1. The largest absolute Gasteiger partial charge is 0.497 e. The second-order valence-electron chi connectivity index (χ2n) is 11.0. The zero-order valence-electron chi connectivity index (χ0n) is 25.8. The number of aromatic nitrogens is 3. The van der Waals surface area contributed by atoms with Crippen molar-refractivity contribution in [2.24, 2.45) is 0 Å². The monoisotopic (exact) mass is 753 g/mol. The Balaban J connectivity index is 1.07. The van der Waals surface area contributed by atoms with E-state index >= 15 is 0 Å². The second kappa shape index (κ2) is 14.2. The summed E-state index contributed by atoms with van der Waals surface area (Å²) in [5.74, 6) is 0.573. The molecule has 6 rings (SSSR count). The lowest BCUT2D eigenvalue weighted by Gasteiger charge is -2.20. The maximum atomic E-state index is 13.3. The fraction of sp³-hybridized carbons (Fsp3) is 0.241. The van der Waals surface area contributed by atoms with E-state index in [1.54, 1.807) is 54.6 Å². The highest BCUT2D eigenvalue weighted by molar-refractivity contribution is 7.66. The minimum Gasteiger partial charge on any atom is -0.497 e. The first-order valence-corrected chi connectivity index (χ1v) is 19.1. The molecular formula is C29H30N3O15P3. The van der Waals surface area contributed by atoms with Gasteiger partial charge in [-0.15, -0.1) is 0 Å². The number of hydrogen-bond acceptors (Lipinski definition) is 13. The summed E-state index contributed by atoms with van der Waals surface area (Å²) < 4.78 is 67.8. The summed E-state index contributed by atoms with van der Waals surface area (Å²) in [7, 11) is -15.2. The summed E-state index contributed by atoms with van der Waals surface area (Å²) >= 11 is 0. The minimum absolute atomic E-state index is 0.262. The first-order valence-electron chi connectivity index (χ1n) is 14.6. The van der Waals surface area contributed by atoms with E-state index in [1.807, 2.05) is 12.1 Å². The highest BCUT2D eigenvalue weighted by Gasteiger charge is 2.47. The molecule has 3 heterocycles. The van der Waals surface area contributed by atoms with E-state index in [9.17, 15) is 43.4 Å². The first kappa shape index (κ1) is 36.2. The van der Waals surface area contributed by atoms with Crippen LogP contribution in [0.3, 0.4) is 0 Å². The van der Waals surface area contributed by atoms with Crippen LogP contribution in [0.5, 0.6) is 5.75 Å². The number of fused-ring (bicyclic) bond motifs is 2. The normalized spacial score (nSPS) is 23.0. The van der Waals surface area contributed by atoms with Gasteiger partial charge < -0.3 is 34.4 Å². The van der Waals surface area contributed by atoms with Gasteiger partial charge in [0, 0.05) is 18.0 Å². The summed E-state index contributed by atoms with van der Waals surface area (Å²) in [6.07, 6.45) is -3.88.